The molecule has 0 saturated carbocycles. The van der Waals surface area contributed by atoms with Crippen molar-refractivity contribution in [3.8, 4) is 12.3 Å². The summed E-state index contributed by atoms with van der Waals surface area (Å²) < 4.78 is 20.2. The van der Waals surface area contributed by atoms with E-state index < -0.39 is 17.3 Å². The molecular weight excluding hydrogens is 416 g/mol. The Kier molecular flexibility index (Phi) is 7.31. The molecule has 29 heavy (non-hydrogen) atoms. The van der Waals surface area contributed by atoms with E-state index in [2.05, 4.69) is 21.5 Å². The second-order valence-corrected chi connectivity index (χ2v) is 7.87. The SMILES string of the molecule is C#C/C=C\C(Cl)=C/CNC(=O)C1C(c2ccnc(Cl)c2F)CNC12CCOCC2. The highest BCUT2D eigenvalue weighted by Crippen LogP contribution is 2.44. The number of nitrogens with zero attached hydrogens (tertiary/aromatic N) is 1. The van der Waals surface area contributed by atoms with Gasteiger partial charge in [0.05, 0.1) is 5.92 Å². The van der Waals surface area contributed by atoms with Crippen molar-refractivity contribution in [2.24, 2.45) is 5.92 Å². The molecule has 8 heteroatoms. The van der Waals surface area contributed by atoms with Gasteiger partial charge in [-0.1, -0.05) is 29.1 Å². The number of rotatable bonds is 5. The highest BCUT2D eigenvalue weighted by Gasteiger charge is 2.53. The number of ether oxygens (including phenoxy) is 1. The van der Waals surface area contributed by atoms with Crippen LogP contribution in [0.1, 0.15) is 24.3 Å². The first-order chi connectivity index (χ1) is 14.0. The first-order valence-corrected chi connectivity index (χ1v) is 10.1. The molecule has 2 aliphatic rings. The number of hydrogen-bond donors (Lipinski definition) is 2. The lowest BCUT2D eigenvalue weighted by molar-refractivity contribution is -0.128. The topological polar surface area (TPSA) is 63.2 Å². The van der Waals surface area contributed by atoms with E-state index >= 15 is 0 Å². The average molecular weight is 438 g/mol. The van der Waals surface area contributed by atoms with Gasteiger partial charge in [-0.05, 0) is 42.7 Å². The zero-order valence-electron chi connectivity index (χ0n) is 15.8. The van der Waals surface area contributed by atoms with E-state index in [0.29, 0.717) is 43.2 Å². The normalized spacial score (nSPS) is 24.0. The van der Waals surface area contributed by atoms with Crippen molar-refractivity contribution in [2.75, 3.05) is 26.3 Å². The molecule has 3 heterocycles. The zero-order valence-corrected chi connectivity index (χ0v) is 17.3. The van der Waals surface area contributed by atoms with Crippen LogP contribution in [0, 0.1) is 24.1 Å². The summed E-state index contributed by atoms with van der Waals surface area (Å²) >= 11 is 11.9. The van der Waals surface area contributed by atoms with E-state index in [-0.39, 0.29) is 23.5 Å². The third kappa shape index (κ3) is 4.81. The molecule has 0 aromatic carbocycles. The summed E-state index contributed by atoms with van der Waals surface area (Å²) in [7, 11) is 0. The van der Waals surface area contributed by atoms with E-state index in [1.807, 2.05) is 0 Å². The van der Waals surface area contributed by atoms with Crippen LogP contribution in [0.4, 0.5) is 4.39 Å². The van der Waals surface area contributed by atoms with Gasteiger partial charge in [-0.25, -0.2) is 9.37 Å². The third-order valence-electron chi connectivity index (χ3n) is 5.53. The Morgan fingerprint density at radius 3 is 3.00 bits per heavy atom. The van der Waals surface area contributed by atoms with E-state index in [0.717, 1.165) is 0 Å². The first kappa shape index (κ1) is 21.8. The maximum absolute atomic E-state index is 14.7. The van der Waals surface area contributed by atoms with Crippen molar-refractivity contribution < 1.29 is 13.9 Å². The monoisotopic (exact) mass is 437 g/mol. The van der Waals surface area contributed by atoms with Gasteiger partial charge in [-0.2, -0.15) is 0 Å². The summed E-state index contributed by atoms with van der Waals surface area (Å²) in [4.78, 5) is 17.0. The Balaban J connectivity index is 1.84. The van der Waals surface area contributed by atoms with E-state index in [4.69, 9.17) is 34.4 Å². The fourth-order valence-corrected chi connectivity index (χ4v) is 4.45. The van der Waals surface area contributed by atoms with Crippen molar-refractivity contribution >= 4 is 29.1 Å². The molecule has 0 bridgehead atoms. The number of hydrogen-bond acceptors (Lipinski definition) is 4. The lowest BCUT2D eigenvalue weighted by Crippen LogP contribution is -2.54. The number of halogens is 3. The van der Waals surface area contributed by atoms with Crippen molar-refractivity contribution in [1.82, 2.24) is 15.6 Å². The second kappa shape index (κ2) is 9.73. The summed E-state index contributed by atoms with van der Waals surface area (Å²) in [5, 5.41) is 6.62. The van der Waals surface area contributed by atoms with Crippen molar-refractivity contribution in [1.29, 1.82) is 0 Å². The summed E-state index contributed by atoms with van der Waals surface area (Å²) in [5.41, 5.74) is -0.0574. The van der Waals surface area contributed by atoms with Crippen LogP contribution < -0.4 is 10.6 Å². The number of pyridine rings is 1. The average Bonchev–Trinajstić information content (AvgIpc) is 3.07. The largest absolute Gasteiger partial charge is 0.381 e. The van der Waals surface area contributed by atoms with Gasteiger partial charge >= 0.3 is 0 Å². The van der Waals surface area contributed by atoms with Gasteiger partial charge in [0.1, 0.15) is 0 Å². The van der Waals surface area contributed by atoms with Crippen LogP contribution in [-0.4, -0.2) is 42.7 Å². The standard InChI is InChI=1S/C21H22Cl2FN3O2/c1-2-3-4-14(22)5-9-26-20(28)17-16(15-6-10-25-19(23)18(15)24)13-27-21(17)7-11-29-12-8-21/h1,3-6,10,16-17,27H,7-9,11-13H2,(H,26,28)/b4-3-,14-5+. The van der Waals surface area contributed by atoms with Crippen molar-refractivity contribution in [3.63, 3.8) is 0 Å². The summed E-state index contributed by atoms with van der Waals surface area (Å²) in [6.45, 7) is 1.80. The van der Waals surface area contributed by atoms with E-state index in [1.54, 1.807) is 18.2 Å². The highest BCUT2D eigenvalue weighted by molar-refractivity contribution is 6.31. The Morgan fingerprint density at radius 1 is 1.52 bits per heavy atom. The van der Waals surface area contributed by atoms with Crippen molar-refractivity contribution in [3.05, 3.63) is 52.1 Å². The van der Waals surface area contributed by atoms with Gasteiger partial charge in [0.25, 0.3) is 0 Å². The molecule has 0 aliphatic carbocycles. The Hall–Kier alpha value is -1.91. The predicted octanol–water partition coefficient (Wildman–Crippen LogP) is 3.15. The third-order valence-corrected chi connectivity index (χ3v) is 6.07. The smallest absolute Gasteiger partial charge is 0.225 e. The predicted molar refractivity (Wildman–Crippen MR) is 111 cm³/mol. The van der Waals surface area contributed by atoms with E-state index in [1.165, 1.54) is 12.3 Å². The number of carbonyl (C=O) groups excluding carboxylic acids is 1. The first-order valence-electron chi connectivity index (χ1n) is 9.37. The molecule has 154 valence electrons. The van der Waals surface area contributed by atoms with Crippen molar-refractivity contribution in [2.45, 2.75) is 24.3 Å². The van der Waals surface area contributed by atoms with Crippen LogP contribution in [0.5, 0.6) is 0 Å². The molecule has 2 saturated heterocycles. The van der Waals surface area contributed by atoms with Crippen LogP contribution >= 0.6 is 23.2 Å². The summed E-state index contributed by atoms with van der Waals surface area (Å²) in [6, 6.07) is 1.59. The number of aromatic nitrogens is 1. The van der Waals surface area contributed by atoms with Crippen LogP contribution in [0.2, 0.25) is 5.15 Å². The highest BCUT2D eigenvalue weighted by atomic mass is 35.5. The fraction of sp³-hybridized carbons (Fsp3) is 0.429. The molecule has 1 amide bonds. The van der Waals surface area contributed by atoms with Gasteiger partial charge < -0.3 is 15.4 Å². The molecule has 1 aromatic heterocycles. The molecule has 2 N–H and O–H groups in total. The Bertz CT molecular complexity index is 860. The van der Waals surface area contributed by atoms with Gasteiger partial charge in [0.2, 0.25) is 5.91 Å². The molecule has 2 atom stereocenters. The molecule has 2 unspecified atom stereocenters. The minimum atomic E-state index is -0.578. The molecule has 1 aromatic rings. The lowest BCUT2D eigenvalue weighted by atomic mass is 9.73. The Labute approximate surface area is 179 Å². The van der Waals surface area contributed by atoms with Gasteiger partial charge in [0, 0.05) is 49.0 Å². The molecule has 2 aliphatic heterocycles. The maximum atomic E-state index is 14.7. The van der Waals surface area contributed by atoms with Gasteiger partial charge in [-0.15, -0.1) is 6.42 Å². The van der Waals surface area contributed by atoms with Crippen LogP contribution in [0.25, 0.3) is 0 Å². The Morgan fingerprint density at radius 2 is 2.28 bits per heavy atom. The van der Waals surface area contributed by atoms with Gasteiger partial charge in [0.15, 0.2) is 11.0 Å². The number of terminal acetylenes is 1. The second-order valence-electron chi connectivity index (χ2n) is 7.07. The zero-order chi connectivity index (χ0) is 20.9. The van der Waals surface area contributed by atoms with Gasteiger partial charge in [-0.3, -0.25) is 4.79 Å². The quantitative estimate of drug-likeness (QED) is 0.421. The summed E-state index contributed by atoms with van der Waals surface area (Å²) in [5.74, 6) is 0.756. The van der Waals surface area contributed by atoms with Crippen LogP contribution in [0.3, 0.4) is 0 Å². The summed E-state index contributed by atoms with van der Waals surface area (Å²) in [6.07, 6.45) is 12.7. The fourth-order valence-electron chi connectivity index (χ4n) is 4.15. The lowest BCUT2D eigenvalue weighted by Gasteiger charge is -2.39. The van der Waals surface area contributed by atoms with Crippen LogP contribution in [-0.2, 0) is 9.53 Å². The molecule has 0 radical (unpaired) electrons. The molecule has 2 fully saturated rings. The van der Waals surface area contributed by atoms with Crippen LogP contribution in [0.15, 0.2) is 35.5 Å². The minimum Gasteiger partial charge on any atom is -0.381 e. The molecule has 1 spiro atoms. The number of nitrogens with one attached hydrogen (secondary N) is 2. The van der Waals surface area contributed by atoms with E-state index in [9.17, 15) is 9.18 Å². The maximum Gasteiger partial charge on any atom is 0.225 e. The number of carbonyl (C=O) groups is 1. The minimum absolute atomic E-state index is 0.170. The molecule has 5 nitrogen and oxygen atoms in total. The molecular formula is C21H22Cl2FN3O2. The number of amides is 1. The number of allylic oxidation sites excluding steroid dienone is 3. The molecule has 3 rings (SSSR count).